The van der Waals surface area contributed by atoms with Gasteiger partial charge in [-0.05, 0) is 66.8 Å². The molecule has 3 aromatic rings. The number of aliphatic carboxylic acids is 1. The van der Waals surface area contributed by atoms with Crippen molar-refractivity contribution in [3.8, 4) is 5.75 Å². The zero-order chi connectivity index (χ0) is 20.3. The van der Waals surface area contributed by atoms with Crippen LogP contribution in [0.4, 0.5) is 0 Å². The molecule has 146 valence electrons. The van der Waals surface area contributed by atoms with Gasteiger partial charge >= 0.3 is 5.97 Å². The molecule has 1 heterocycles. The van der Waals surface area contributed by atoms with E-state index in [0.717, 1.165) is 45.0 Å². The van der Waals surface area contributed by atoms with Crippen LogP contribution in [0.25, 0.3) is 10.9 Å². The first-order valence-electron chi connectivity index (χ1n) is 9.09. The minimum absolute atomic E-state index is 0.366. The summed E-state index contributed by atoms with van der Waals surface area (Å²) in [6.07, 6.45) is 2.81. The zero-order valence-corrected chi connectivity index (χ0v) is 18.9. The van der Waals surface area contributed by atoms with Gasteiger partial charge in [0.25, 0.3) is 0 Å². The summed E-state index contributed by atoms with van der Waals surface area (Å²) in [5.74, 6) is -0.495. The van der Waals surface area contributed by atoms with Gasteiger partial charge in [0, 0.05) is 20.0 Å². The van der Waals surface area contributed by atoms with E-state index < -0.39 is 5.97 Å². The average molecular weight is 507 g/mol. The van der Waals surface area contributed by atoms with E-state index in [4.69, 9.17) is 14.8 Å². The average Bonchev–Trinajstić information content (AvgIpc) is 2.63. The van der Waals surface area contributed by atoms with Crippen LogP contribution in [-0.4, -0.2) is 22.7 Å². The van der Waals surface area contributed by atoms with Crippen LogP contribution in [0.2, 0.25) is 0 Å². The van der Waals surface area contributed by atoms with Crippen LogP contribution in [0.3, 0.4) is 0 Å². The molecule has 0 saturated carbocycles. The van der Waals surface area contributed by atoms with Gasteiger partial charge in [0.1, 0.15) is 5.75 Å². The smallest absolute Gasteiger partial charge is 0.341 e. The quantitative estimate of drug-likeness (QED) is 0.422. The normalized spacial score (nSPS) is 11.0. The molecular weight excluding hydrogens is 486 g/mol. The van der Waals surface area contributed by atoms with Crippen LogP contribution >= 0.6 is 31.9 Å². The van der Waals surface area contributed by atoms with Gasteiger partial charge in [-0.15, -0.1) is 0 Å². The number of benzene rings is 2. The fraction of sp³-hybridized carbons (Fsp3) is 0.273. The molecule has 28 heavy (non-hydrogen) atoms. The third kappa shape index (κ3) is 4.92. The summed E-state index contributed by atoms with van der Waals surface area (Å²) in [4.78, 5) is 15.5. The van der Waals surface area contributed by atoms with Crippen molar-refractivity contribution in [2.45, 2.75) is 33.1 Å². The Morgan fingerprint density at radius 3 is 2.50 bits per heavy atom. The van der Waals surface area contributed by atoms with Crippen molar-refractivity contribution in [1.82, 2.24) is 4.98 Å². The molecule has 0 atom stereocenters. The Hall–Kier alpha value is -1.92. The molecule has 3 rings (SSSR count). The van der Waals surface area contributed by atoms with Crippen LogP contribution < -0.4 is 4.74 Å². The number of hydrogen-bond acceptors (Lipinski definition) is 3. The third-order valence-electron chi connectivity index (χ3n) is 4.50. The summed E-state index contributed by atoms with van der Waals surface area (Å²) in [5, 5.41) is 9.94. The van der Waals surface area contributed by atoms with Crippen LogP contribution in [0.15, 0.2) is 45.3 Å². The number of pyridine rings is 1. The van der Waals surface area contributed by atoms with Crippen LogP contribution in [-0.2, 0) is 17.6 Å². The number of fused-ring (bicyclic) bond motifs is 1. The second kappa shape index (κ2) is 9.05. The fourth-order valence-corrected chi connectivity index (χ4v) is 4.61. The van der Waals surface area contributed by atoms with E-state index in [9.17, 15) is 4.79 Å². The monoisotopic (exact) mass is 505 g/mol. The molecule has 0 saturated heterocycles. The maximum atomic E-state index is 10.7. The van der Waals surface area contributed by atoms with E-state index in [1.807, 2.05) is 0 Å². The molecule has 1 N–H and O–H groups in total. The van der Waals surface area contributed by atoms with Gasteiger partial charge in [-0.2, -0.15) is 0 Å². The summed E-state index contributed by atoms with van der Waals surface area (Å²) in [6, 6.07) is 12.2. The summed E-state index contributed by atoms with van der Waals surface area (Å²) < 4.78 is 7.01. The summed E-state index contributed by atoms with van der Waals surface area (Å²) in [5.41, 5.74) is 5.67. The number of carbonyl (C=O) groups is 1. The van der Waals surface area contributed by atoms with Crippen LogP contribution in [0.1, 0.15) is 35.7 Å². The maximum absolute atomic E-state index is 10.7. The maximum Gasteiger partial charge on any atom is 0.341 e. The second-order valence-corrected chi connectivity index (χ2v) is 8.47. The van der Waals surface area contributed by atoms with Crippen molar-refractivity contribution in [3.05, 3.63) is 67.7 Å². The molecule has 0 amide bonds. The van der Waals surface area contributed by atoms with Gasteiger partial charge in [-0.3, -0.25) is 4.98 Å². The molecule has 0 aliphatic heterocycles. The summed E-state index contributed by atoms with van der Waals surface area (Å²) >= 11 is 7.17. The topological polar surface area (TPSA) is 59.4 Å². The van der Waals surface area contributed by atoms with Crippen LogP contribution in [0, 0.1) is 6.92 Å². The van der Waals surface area contributed by atoms with E-state index in [1.54, 1.807) is 12.1 Å². The number of rotatable bonds is 7. The first-order valence-corrected chi connectivity index (χ1v) is 10.7. The highest BCUT2D eigenvalue weighted by atomic mass is 79.9. The highest BCUT2D eigenvalue weighted by molar-refractivity contribution is 9.11. The largest absolute Gasteiger partial charge is 0.482 e. The predicted molar refractivity (Wildman–Crippen MR) is 118 cm³/mol. The molecule has 0 radical (unpaired) electrons. The standard InChI is InChI=1S/C22H21Br2NO3/c1-3-4-15-7-13(2)17-8-14(5-6-21(17)25-15)9-18-19(23)10-16(11-20(18)24)28-12-22(26)27/h5-8,10-11H,3-4,9,12H2,1-2H3,(H,26,27). The number of nitrogens with zero attached hydrogens (tertiary/aromatic N) is 1. The number of halogens is 2. The first kappa shape index (κ1) is 20.8. The molecule has 0 unspecified atom stereocenters. The molecule has 0 spiro atoms. The van der Waals surface area contributed by atoms with Crippen molar-refractivity contribution in [3.63, 3.8) is 0 Å². The van der Waals surface area contributed by atoms with Gasteiger partial charge in [0.05, 0.1) is 5.52 Å². The molecular formula is C22H21Br2NO3. The predicted octanol–water partition coefficient (Wildman–Crippen LogP) is 6.07. The number of carboxylic acid groups (broad SMARTS) is 1. The number of hydrogen-bond donors (Lipinski definition) is 1. The lowest BCUT2D eigenvalue weighted by atomic mass is 10.00. The molecule has 0 fully saturated rings. The van der Waals surface area contributed by atoms with Gasteiger partial charge in [-0.25, -0.2) is 4.79 Å². The molecule has 0 aliphatic rings. The second-order valence-electron chi connectivity index (χ2n) is 6.76. The Morgan fingerprint density at radius 2 is 1.86 bits per heavy atom. The van der Waals surface area contributed by atoms with Crippen LogP contribution in [0.5, 0.6) is 5.75 Å². The molecule has 6 heteroatoms. The van der Waals surface area contributed by atoms with Gasteiger partial charge in [-0.1, -0.05) is 51.3 Å². The lowest BCUT2D eigenvalue weighted by Crippen LogP contribution is -2.09. The molecule has 0 bridgehead atoms. The fourth-order valence-electron chi connectivity index (χ4n) is 3.19. The SMILES string of the molecule is CCCc1cc(C)c2cc(Cc3c(Br)cc(OCC(=O)O)cc3Br)ccc2n1. The van der Waals surface area contributed by atoms with Crippen molar-refractivity contribution in [2.24, 2.45) is 0 Å². The van der Waals surface area contributed by atoms with Gasteiger partial charge in [0.2, 0.25) is 0 Å². The lowest BCUT2D eigenvalue weighted by molar-refractivity contribution is -0.139. The number of ether oxygens (including phenoxy) is 1. The summed E-state index contributed by atoms with van der Waals surface area (Å²) in [7, 11) is 0. The Bertz CT molecular complexity index is 1010. The Morgan fingerprint density at radius 1 is 1.14 bits per heavy atom. The number of carboxylic acids is 1. The number of aromatic nitrogens is 1. The van der Waals surface area contributed by atoms with E-state index in [2.05, 4.69) is 70.0 Å². The van der Waals surface area contributed by atoms with E-state index >= 15 is 0 Å². The van der Waals surface area contributed by atoms with Crippen molar-refractivity contribution in [2.75, 3.05) is 6.61 Å². The Labute approximate surface area is 181 Å². The lowest BCUT2D eigenvalue weighted by Gasteiger charge is -2.12. The van der Waals surface area contributed by atoms with E-state index in [1.165, 1.54) is 16.5 Å². The molecule has 1 aromatic heterocycles. The number of aryl methyl sites for hydroxylation is 2. The summed E-state index contributed by atoms with van der Waals surface area (Å²) in [6.45, 7) is 3.93. The van der Waals surface area contributed by atoms with Crippen molar-refractivity contribution < 1.29 is 14.6 Å². The Balaban J connectivity index is 1.89. The van der Waals surface area contributed by atoms with Gasteiger partial charge in [0.15, 0.2) is 6.61 Å². The first-order chi connectivity index (χ1) is 13.4. The molecule has 2 aromatic carbocycles. The minimum atomic E-state index is -1.00. The van der Waals surface area contributed by atoms with Crippen molar-refractivity contribution in [1.29, 1.82) is 0 Å². The molecule has 4 nitrogen and oxygen atoms in total. The third-order valence-corrected chi connectivity index (χ3v) is 5.91. The highest BCUT2D eigenvalue weighted by Gasteiger charge is 2.12. The Kier molecular flexibility index (Phi) is 6.73. The van der Waals surface area contributed by atoms with Crippen molar-refractivity contribution >= 4 is 48.7 Å². The zero-order valence-electron chi connectivity index (χ0n) is 15.8. The van der Waals surface area contributed by atoms with Gasteiger partial charge < -0.3 is 9.84 Å². The highest BCUT2D eigenvalue weighted by Crippen LogP contribution is 2.33. The molecule has 0 aliphatic carbocycles. The van der Waals surface area contributed by atoms with E-state index in [0.29, 0.717) is 5.75 Å². The van der Waals surface area contributed by atoms with E-state index in [-0.39, 0.29) is 6.61 Å². The minimum Gasteiger partial charge on any atom is -0.482 e.